The predicted octanol–water partition coefficient (Wildman–Crippen LogP) is 5.61. The Hall–Kier alpha value is -3.64. The Morgan fingerprint density at radius 3 is 2.32 bits per heavy atom. The van der Waals surface area contributed by atoms with E-state index in [1.54, 1.807) is 0 Å². The highest BCUT2D eigenvalue weighted by Gasteiger charge is 2.40. The van der Waals surface area contributed by atoms with Crippen LogP contribution in [-0.2, 0) is 33.9 Å². The summed E-state index contributed by atoms with van der Waals surface area (Å²) in [5.74, 6) is -0.618. The minimum absolute atomic E-state index is 0.00940. The zero-order valence-electron chi connectivity index (χ0n) is 21.1. The van der Waals surface area contributed by atoms with E-state index in [0.717, 1.165) is 53.5 Å². The normalized spacial score (nSPS) is 18.3. The molecule has 6 nitrogen and oxygen atoms in total. The van der Waals surface area contributed by atoms with Gasteiger partial charge in [0.1, 0.15) is 18.4 Å². The van der Waals surface area contributed by atoms with Crippen molar-refractivity contribution in [2.75, 3.05) is 0 Å². The van der Waals surface area contributed by atoms with Gasteiger partial charge in [0.05, 0.1) is 6.10 Å². The van der Waals surface area contributed by atoms with Crippen LogP contribution in [0, 0.1) is 6.92 Å². The summed E-state index contributed by atoms with van der Waals surface area (Å²) in [5, 5.41) is 10.2. The van der Waals surface area contributed by atoms with Crippen LogP contribution in [0.5, 0.6) is 5.75 Å². The van der Waals surface area contributed by atoms with Crippen LogP contribution in [0.25, 0.3) is 0 Å². The number of aryl methyl sites for hydroxylation is 1. The molecule has 37 heavy (non-hydrogen) atoms. The van der Waals surface area contributed by atoms with Gasteiger partial charge in [-0.25, -0.2) is 4.79 Å². The number of carboxylic acid groups (broad SMARTS) is 1. The smallest absolute Gasteiger partial charge is 0.326 e. The summed E-state index contributed by atoms with van der Waals surface area (Å²) in [5.41, 5.74) is 4.51. The molecule has 0 bridgehead atoms. The third-order valence-corrected chi connectivity index (χ3v) is 7.42. The van der Waals surface area contributed by atoms with Crippen LogP contribution in [-0.4, -0.2) is 34.0 Å². The zero-order chi connectivity index (χ0) is 25.8. The number of carbonyl (C=O) groups is 2. The van der Waals surface area contributed by atoms with E-state index in [1.807, 2.05) is 79.7 Å². The number of benzene rings is 3. The average molecular weight is 500 g/mol. The molecule has 1 aliphatic carbocycles. The quantitative estimate of drug-likeness (QED) is 0.436. The van der Waals surface area contributed by atoms with Gasteiger partial charge in [-0.2, -0.15) is 0 Å². The Morgan fingerprint density at radius 1 is 0.973 bits per heavy atom. The van der Waals surface area contributed by atoms with Gasteiger partial charge in [0.2, 0.25) is 0 Å². The fourth-order valence-corrected chi connectivity index (χ4v) is 5.41. The predicted molar refractivity (Wildman–Crippen MR) is 140 cm³/mol. The Kier molecular flexibility index (Phi) is 7.56. The second kappa shape index (κ2) is 11.2. The van der Waals surface area contributed by atoms with Gasteiger partial charge in [0, 0.05) is 18.5 Å². The van der Waals surface area contributed by atoms with E-state index in [1.165, 1.54) is 4.90 Å². The van der Waals surface area contributed by atoms with Gasteiger partial charge in [-0.05, 0) is 42.0 Å². The Labute approximate surface area is 217 Å². The van der Waals surface area contributed by atoms with Gasteiger partial charge in [-0.3, -0.25) is 4.79 Å². The molecule has 1 amide bonds. The standard InChI is InChI=1S/C31H33NO5/c1-21-16-17-24-19-32(30(33)29(23-12-6-3-7-13-23)37-25-14-8-9-15-25)27(31(34)35)18-26(24)28(21)36-20-22-10-4-2-5-11-22/h2-7,10-13,16-17,25,27,29H,8-9,14-15,18-20H2,1H3,(H,34,35)/t27-,29-/m1/s1. The number of aliphatic carboxylic acids is 1. The van der Waals surface area contributed by atoms with Crippen LogP contribution in [0.4, 0.5) is 0 Å². The molecule has 0 unspecified atom stereocenters. The van der Waals surface area contributed by atoms with Gasteiger partial charge in [0.25, 0.3) is 5.91 Å². The second-order valence-electron chi connectivity index (χ2n) is 9.98. The molecule has 1 saturated carbocycles. The maximum Gasteiger partial charge on any atom is 0.326 e. The van der Waals surface area contributed by atoms with Crippen molar-refractivity contribution in [1.82, 2.24) is 4.90 Å². The zero-order valence-corrected chi connectivity index (χ0v) is 21.1. The van der Waals surface area contributed by atoms with Crippen molar-refractivity contribution in [3.63, 3.8) is 0 Å². The number of hydrogen-bond acceptors (Lipinski definition) is 4. The average Bonchev–Trinajstić information content (AvgIpc) is 3.44. The minimum Gasteiger partial charge on any atom is -0.488 e. The number of nitrogens with zero attached hydrogens (tertiary/aromatic N) is 1. The fraction of sp³-hybridized carbons (Fsp3) is 0.355. The summed E-state index contributed by atoms with van der Waals surface area (Å²) >= 11 is 0. The second-order valence-corrected chi connectivity index (χ2v) is 9.98. The monoisotopic (exact) mass is 499 g/mol. The number of carbonyl (C=O) groups excluding carboxylic acids is 1. The maximum absolute atomic E-state index is 14.0. The van der Waals surface area contributed by atoms with Crippen molar-refractivity contribution in [2.45, 2.75) is 70.4 Å². The topological polar surface area (TPSA) is 76.1 Å². The molecule has 0 aromatic heterocycles. The van der Waals surface area contributed by atoms with Crippen molar-refractivity contribution in [3.05, 3.63) is 101 Å². The van der Waals surface area contributed by atoms with Crippen LogP contribution in [0.1, 0.15) is 59.6 Å². The van der Waals surface area contributed by atoms with Crippen LogP contribution in [0.3, 0.4) is 0 Å². The maximum atomic E-state index is 14.0. The van der Waals surface area contributed by atoms with E-state index in [4.69, 9.17) is 9.47 Å². The molecule has 0 radical (unpaired) electrons. The van der Waals surface area contributed by atoms with Crippen LogP contribution < -0.4 is 4.74 Å². The first-order valence-electron chi connectivity index (χ1n) is 13.0. The summed E-state index contributed by atoms with van der Waals surface area (Å²) in [6, 6.07) is 22.3. The Bertz CT molecular complexity index is 1240. The van der Waals surface area contributed by atoms with E-state index in [2.05, 4.69) is 0 Å². The number of carboxylic acids is 1. The van der Waals surface area contributed by atoms with Gasteiger partial charge in [-0.1, -0.05) is 85.6 Å². The number of fused-ring (bicyclic) bond motifs is 1. The lowest BCUT2D eigenvalue weighted by Crippen LogP contribution is -2.50. The fourth-order valence-electron chi connectivity index (χ4n) is 5.41. The first-order valence-corrected chi connectivity index (χ1v) is 13.0. The highest BCUT2D eigenvalue weighted by Crippen LogP contribution is 2.37. The summed E-state index contributed by atoms with van der Waals surface area (Å²) < 4.78 is 12.6. The molecule has 6 heteroatoms. The van der Waals surface area contributed by atoms with Crippen molar-refractivity contribution in [1.29, 1.82) is 0 Å². The first-order chi connectivity index (χ1) is 18.0. The van der Waals surface area contributed by atoms with Gasteiger partial charge >= 0.3 is 5.97 Å². The SMILES string of the molecule is Cc1ccc2c(c1OCc1ccccc1)C[C@H](C(=O)O)N(C(=O)[C@H](OC1CCCC1)c1ccccc1)C2. The molecule has 3 aromatic rings. The van der Waals surface area contributed by atoms with Crippen molar-refractivity contribution in [3.8, 4) is 5.75 Å². The molecule has 1 heterocycles. The first kappa shape index (κ1) is 25.0. The van der Waals surface area contributed by atoms with Crippen molar-refractivity contribution >= 4 is 11.9 Å². The number of hydrogen-bond donors (Lipinski definition) is 1. The molecule has 1 aliphatic heterocycles. The van der Waals surface area contributed by atoms with Gasteiger partial charge in [0.15, 0.2) is 6.10 Å². The summed E-state index contributed by atoms with van der Waals surface area (Å²) in [4.78, 5) is 27.9. The molecule has 192 valence electrons. The van der Waals surface area contributed by atoms with Gasteiger partial charge < -0.3 is 19.5 Å². The number of ether oxygens (including phenoxy) is 2. The molecule has 0 saturated heterocycles. The highest BCUT2D eigenvalue weighted by atomic mass is 16.5. The minimum atomic E-state index is -1.03. The van der Waals surface area contributed by atoms with E-state index in [9.17, 15) is 14.7 Å². The van der Waals surface area contributed by atoms with Crippen LogP contribution in [0.2, 0.25) is 0 Å². The molecule has 1 N–H and O–H groups in total. The van der Waals surface area contributed by atoms with Crippen LogP contribution >= 0.6 is 0 Å². The third kappa shape index (κ3) is 5.54. The number of amides is 1. The number of rotatable bonds is 8. The molecule has 2 aliphatic rings. The van der Waals surface area contributed by atoms with Crippen molar-refractivity contribution < 1.29 is 24.2 Å². The molecule has 2 atom stereocenters. The summed E-state index contributed by atoms with van der Waals surface area (Å²) in [7, 11) is 0. The highest BCUT2D eigenvalue weighted by molar-refractivity contribution is 5.88. The van der Waals surface area contributed by atoms with E-state index < -0.39 is 18.1 Å². The lowest BCUT2D eigenvalue weighted by molar-refractivity contribution is -0.160. The Balaban J connectivity index is 1.44. The van der Waals surface area contributed by atoms with Crippen LogP contribution in [0.15, 0.2) is 72.8 Å². The summed E-state index contributed by atoms with van der Waals surface area (Å²) in [6.45, 7) is 2.56. The molecule has 3 aromatic carbocycles. The lowest BCUT2D eigenvalue weighted by Gasteiger charge is -2.38. The Morgan fingerprint density at radius 2 is 1.65 bits per heavy atom. The molecular formula is C31H33NO5. The largest absolute Gasteiger partial charge is 0.488 e. The summed E-state index contributed by atoms with van der Waals surface area (Å²) in [6.07, 6.45) is 3.38. The molecule has 1 fully saturated rings. The van der Waals surface area contributed by atoms with E-state index in [-0.39, 0.29) is 25.0 Å². The van der Waals surface area contributed by atoms with E-state index in [0.29, 0.717) is 12.4 Å². The molecule has 5 rings (SSSR count). The van der Waals surface area contributed by atoms with E-state index >= 15 is 0 Å². The van der Waals surface area contributed by atoms with Gasteiger partial charge in [-0.15, -0.1) is 0 Å². The third-order valence-electron chi connectivity index (χ3n) is 7.42. The molecular weight excluding hydrogens is 466 g/mol. The van der Waals surface area contributed by atoms with Crippen molar-refractivity contribution in [2.24, 2.45) is 0 Å². The molecule has 0 spiro atoms. The lowest BCUT2D eigenvalue weighted by atomic mass is 9.90.